The fraction of sp³-hybridized carbons (Fsp3) is 0.409. The number of aryl methyl sites for hydroxylation is 1. The first-order valence-corrected chi connectivity index (χ1v) is 9.01. The SMILES string of the molecule is CCc1ccccc1NC(=O)[C@@H](CC)Oc1ccc(C(C)(C)C)cc1. The molecule has 0 aliphatic heterocycles. The summed E-state index contributed by atoms with van der Waals surface area (Å²) in [6, 6.07) is 15.9. The first kappa shape index (κ1) is 19.0. The molecule has 0 aliphatic carbocycles. The molecule has 0 heterocycles. The molecule has 0 bridgehead atoms. The molecule has 2 aromatic carbocycles. The largest absolute Gasteiger partial charge is 0.481 e. The van der Waals surface area contributed by atoms with Crippen LogP contribution >= 0.6 is 0 Å². The van der Waals surface area contributed by atoms with Gasteiger partial charge >= 0.3 is 0 Å². The molecular weight excluding hydrogens is 310 g/mol. The van der Waals surface area contributed by atoms with Gasteiger partial charge < -0.3 is 10.1 Å². The summed E-state index contributed by atoms with van der Waals surface area (Å²) in [5.41, 5.74) is 3.33. The molecule has 1 atom stereocenters. The number of nitrogens with one attached hydrogen (secondary N) is 1. The van der Waals surface area contributed by atoms with Gasteiger partial charge in [-0.25, -0.2) is 0 Å². The van der Waals surface area contributed by atoms with Crippen molar-refractivity contribution in [1.82, 2.24) is 0 Å². The zero-order valence-corrected chi connectivity index (χ0v) is 15.9. The van der Waals surface area contributed by atoms with Crippen LogP contribution in [0.1, 0.15) is 52.2 Å². The van der Waals surface area contributed by atoms with Crippen LogP contribution in [0.4, 0.5) is 5.69 Å². The number of hydrogen-bond donors (Lipinski definition) is 1. The average molecular weight is 339 g/mol. The summed E-state index contributed by atoms with van der Waals surface area (Å²) in [4.78, 5) is 12.6. The maximum atomic E-state index is 12.6. The quantitative estimate of drug-likeness (QED) is 0.771. The van der Waals surface area contributed by atoms with Gasteiger partial charge in [-0.05, 0) is 47.6 Å². The van der Waals surface area contributed by atoms with Gasteiger partial charge in [-0.1, -0.05) is 65.0 Å². The molecule has 0 aliphatic rings. The van der Waals surface area contributed by atoms with Crippen molar-refractivity contribution in [2.24, 2.45) is 0 Å². The highest BCUT2D eigenvalue weighted by Crippen LogP contribution is 2.25. The number of rotatable bonds is 6. The molecule has 0 saturated heterocycles. The molecule has 0 aromatic heterocycles. The Balaban J connectivity index is 2.07. The molecule has 134 valence electrons. The fourth-order valence-corrected chi connectivity index (χ4v) is 2.68. The van der Waals surface area contributed by atoms with Gasteiger partial charge in [-0.15, -0.1) is 0 Å². The number of anilines is 1. The lowest BCUT2D eigenvalue weighted by Crippen LogP contribution is -2.32. The van der Waals surface area contributed by atoms with Gasteiger partial charge in [0.15, 0.2) is 6.10 Å². The predicted molar refractivity (Wildman–Crippen MR) is 104 cm³/mol. The minimum absolute atomic E-state index is 0.101. The third-order valence-electron chi connectivity index (χ3n) is 4.32. The van der Waals surface area contributed by atoms with Crippen molar-refractivity contribution in [3.63, 3.8) is 0 Å². The molecule has 0 unspecified atom stereocenters. The molecular formula is C22H29NO2. The molecule has 2 aromatic rings. The third kappa shape index (κ3) is 5.09. The van der Waals surface area contributed by atoms with Crippen LogP contribution in [0, 0.1) is 0 Å². The van der Waals surface area contributed by atoms with Gasteiger partial charge in [0.25, 0.3) is 5.91 Å². The van der Waals surface area contributed by atoms with E-state index in [1.54, 1.807) is 0 Å². The second kappa shape index (κ2) is 8.19. The smallest absolute Gasteiger partial charge is 0.265 e. The standard InChI is InChI=1S/C22H29NO2/c1-6-16-10-8-9-11-19(16)23-21(24)20(7-2)25-18-14-12-17(13-15-18)22(3,4)5/h8-15,20H,6-7H2,1-5H3,(H,23,24)/t20-/m1/s1. The summed E-state index contributed by atoms with van der Waals surface area (Å²) in [5, 5.41) is 3.00. The van der Waals surface area contributed by atoms with Gasteiger partial charge in [0, 0.05) is 5.69 Å². The molecule has 0 saturated carbocycles. The Hall–Kier alpha value is -2.29. The number of ether oxygens (including phenoxy) is 1. The molecule has 3 nitrogen and oxygen atoms in total. The van der Waals surface area contributed by atoms with Crippen molar-refractivity contribution < 1.29 is 9.53 Å². The van der Waals surface area contributed by atoms with E-state index in [4.69, 9.17) is 4.74 Å². The van der Waals surface area contributed by atoms with Gasteiger partial charge in [0.2, 0.25) is 0 Å². The van der Waals surface area contributed by atoms with E-state index in [0.29, 0.717) is 6.42 Å². The number of benzene rings is 2. The van der Waals surface area contributed by atoms with Crippen LogP contribution in [-0.2, 0) is 16.6 Å². The van der Waals surface area contributed by atoms with Crippen molar-refractivity contribution in [3.05, 3.63) is 59.7 Å². The Morgan fingerprint density at radius 3 is 2.24 bits per heavy atom. The fourth-order valence-electron chi connectivity index (χ4n) is 2.68. The van der Waals surface area contributed by atoms with Crippen molar-refractivity contribution in [2.45, 2.75) is 59.0 Å². The molecule has 1 amide bonds. The van der Waals surface area contributed by atoms with Crippen LogP contribution in [0.2, 0.25) is 0 Å². The first-order valence-electron chi connectivity index (χ1n) is 9.01. The van der Waals surface area contributed by atoms with Crippen molar-refractivity contribution >= 4 is 11.6 Å². The molecule has 0 spiro atoms. The van der Waals surface area contributed by atoms with E-state index in [-0.39, 0.29) is 11.3 Å². The Morgan fingerprint density at radius 2 is 1.68 bits per heavy atom. The summed E-state index contributed by atoms with van der Waals surface area (Å²) in [6.45, 7) is 10.6. The summed E-state index contributed by atoms with van der Waals surface area (Å²) < 4.78 is 5.93. The second-order valence-electron chi connectivity index (χ2n) is 7.29. The number of hydrogen-bond acceptors (Lipinski definition) is 2. The second-order valence-corrected chi connectivity index (χ2v) is 7.29. The molecule has 0 radical (unpaired) electrons. The highest BCUT2D eigenvalue weighted by molar-refractivity contribution is 5.95. The normalized spacial score (nSPS) is 12.5. The van der Waals surface area contributed by atoms with E-state index in [1.807, 2.05) is 43.3 Å². The van der Waals surface area contributed by atoms with Gasteiger partial charge in [0.05, 0.1) is 0 Å². The Bertz CT molecular complexity index is 699. The summed E-state index contributed by atoms with van der Waals surface area (Å²) in [7, 11) is 0. The van der Waals surface area contributed by atoms with Crippen LogP contribution < -0.4 is 10.1 Å². The zero-order chi connectivity index (χ0) is 18.4. The lowest BCUT2D eigenvalue weighted by Gasteiger charge is -2.21. The maximum absolute atomic E-state index is 12.6. The van der Waals surface area contributed by atoms with E-state index in [0.717, 1.165) is 23.4 Å². The van der Waals surface area contributed by atoms with E-state index >= 15 is 0 Å². The highest BCUT2D eigenvalue weighted by Gasteiger charge is 2.20. The lowest BCUT2D eigenvalue weighted by molar-refractivity contribution is -0.122. The Morgan fingerprint density at radius 1 is 1.04 bits per heavy atom. The minimum Gasteiger partial charge on any atom is -0.481 e. The highest BCUT2D eigenvalue weighted by atomic mass is 16.5. The van der Waals surface area contributed by atoms with Crippen molar-refractivity contribution in [1.29, 1.82) is 0 Å². The third-order valence-corrected chi connectivity index (χ3v) is 4.32. The van der Waals surface area contributed by atoms with E-state index < -0.39 is 6.10 Å². The Labute approximate surface area is 151 Å². The van der Waals surface area contributed by atoms with Crippen LogP contribution in [-0.4, -0.2) is 12.0 Å². The molecule has 2 rings (SSSR count). The number of carbonyl (C=O) groups excluding carboxylic acids is 1. The topological polar surface area (TPSA) is 38.3 Å². The average Bonchev–Trinajstić information content (AvgIpc) is 2.59. The predicted octanol–water partition coefficient (Wildman–Crippen LogP) is 5.34. The monoisotopic (exact) mass is 339 g/mol. The van der Waals surface area contributed by atoms with Gasteiger partial charge in [-0.2, -0.15) is 0 Å². The van der Waals surface area contributed by atoms with Crippen LogP contribution in [0.5, 0.6) is 5.75 Å². The minimum atomic E-state index is -0.509. The maximum Gasteiger partial charge on any atom is 0.265 e. The van der Waals surface area contributed by atoms with Crippen LogP contribution in [0.25, 0.3) is 0 Å². The van der Waals surface area contributed by atoms with E-state index in [2.05, 4.69) is 45.1 Å². The van der Waals surface area contributed by atoms with Crippen LogP contribution in [0.15, 0.2) is 48.5 Å². The zero-order valence-electron chi connectivity index (χ0n) is 15.9. The number of carbonyl (C=O) groups is 1. The summed E-state index contributed by atoms with van der Waals surface area (Å²) in [6.07, 6.45) is 0.981. The van der Waals surface area contributed by atoms with Crippen molar-refractivity contribution in [2.75, 3.05) is 5.32 Å². The van der Waals surface area contributed by atoms with Crippen LogP contribution in [0.3, 0.4) is 0 Å². The molecule has 1 N–H and O–H groups in total. The molecule has 3 heteroatoms. The number of amides is 1. The number of para-hydroxylation sites is 1. The van der Waals surface area contributed by atoms with Gasteiger partial charge in [0.1, 0.15) is 5.75 Å². The van der Waals surface area contributed by atoms with E-state index in [1.165, 1.54) is 5.56 Å². The summed E-state index contributed by atoms with van der Waals surface area (Å²) >= 11 is 0. The first-order chi connectivity index (χ1) is 11.8. The lowest BCUT2D eigenvalue weighted by atomic mass is 9.87. The molecule has 25 heavy (non-hydrogen) atoms. The van der Waals surface area contributed by atoms with E-state index in [9.17, 15) is 4.79 Å². The van der Waals surface area contributed by atoms with Crippen molar-refractivity contribution in [3.8, 4) is 5.75 Å². The van der Waals surface area contributed by atoms with Gasteiger partial charge in [-0.3, -0.25) is 4.79 Å². The molecule has 0 fully saturated rings. The summed E-state index contributed by atoms with van der Waals surface area (Å²) in [5.74, 6) is 0.613. The Kier molecular flexibility index (Phi) is 6.24.